The minimum absolute atomic E-state index is 0.0607. The second kappa shape index (κ2) is 3.78. The van der Waals surface area contributed by atoms with E-state index in [1.807, 2.05) is 0 Å². The molecule has 3 nitrogen and oxygen atoms in total. The molecular weight excluding hydrogens is 268 g/mol. The van der Waals surface area contributed by atoms with E-state index in [4.69, 9.17) is 13.9 Å². The zero-order valence-electron chi connectivity index (χ0n) is 13.9. The Hall–Kier alpha value is -0.163. The van der Waals surface area contributed by atoms with Crippen LogP contribution in [0.15, 0.2) is 12.2 Å². The van der Waals surface area contributed by atoms with Crippen LogP contribution in [0, 0.1) is 0 Å². The molecule has 0 spiro atoms. The van der Waals surface area contributed by atoms with E-state index in [0.717, 1.165) is 12.0 Å². The number of fused-ring (bicyclic) bond motifs is 1. The van der Waals surface area contributed by atoms with Gasteiger partial charge >= 0.3 is 0 Å². The summed E-state index contributed by atoms with van der Waals surface area (Å²) in [5.41, 5.74) is 0.592. The molecule has 0 aliphatic carbocycles. The van der Waals surface area contributed by atoms with Crippen LogP contribution < -0.4 is 0 Å². The molecule has 3 aliphatic heterocycles. The van der Waals surface area contributed by atoms with Gasteiger partial charge in [-0.3, -0.25) is 0 Å². The summed E-state index contributed by atoms with van der Waals surface area (Å²) in [6, 6.07) is 0. The van der Waals surface area contributed by atoms with E-state index >= 15 is 0 Å². The fraction of sp³-hybridized carbons (Fsp3) is 0.875. The van der Waals surface area contributed by atoms with Crippen LogP contribution in [0.25, 0.3) is 0 Å². The van der Waals surface area contributed by atoms with Crippen molar-refractivity contribution >= 4 is 8.32 Å². The molecule has 0 aromatic rings. The number of rotatable bonds is 2. The first-order valence-electron chi connectivity index (χ1n) is 7.63. The van der Waals surface area contributed by atoms with Crippen molar-refractivity contribution in [3.05, 3.63) is 12.2 Å². The van der Waals surface area contributed by atoms with Crippen LogP contribution in [0.4, 0.5) is 0 Å². The smallest absolute Gasteiger partial charge is 0.192 e. The zero-order valence-corrected chi connectivity index (χ0v) is 14.9. The maximum Gasteiger partial charge on any atom is 0.192 e. The SMILES string of the molecule is C=C1[C@H]2O[C@H]3[C@@H](O[Si](C)(C)C(C)(C)C)C[C@]1(C)O[C@@]23C. The molecule has 3 fully saturated rings. The van der Waals surface area contributed by atoms with Gasteiger partial charge in [-0.15, -0.1) is 0 Å². The first-order chi connectivity index (χ1) is 8.91. The zero-order chi connectivity index (χ0) is 15.1. The maximum absolute atomic E-state index is 6.65. The van der Waals surface area contributed by atoms with Crippen LogP contribution in [0.3, 0.4) is 0 Å². The van der Waals surface area contributed by atoms with Crippen molar-refractivity contribution in [1.29, 1.82) is 0 Å². The fourth-order valence-electron chi connectivity index (χ4n) is 3.64. The van der Waals surface area contributed by atoms with Gasteiger partial charge in [-0.25, -0.2) is 0 Å². The Bertz CT molecular complexity index is 467. The van der Waals surface area contributed by atoms with Gasteiger partial charge in [0.2, 0.25) is 0 Å². The molecule has 3 heterocycles. The number of ether oxygens (including phenoxy) is 2. The molecule has 0 saturated carbocycles. The van der Waals surface area contributed by atoms with Gasteiger partial charge < -0.3 is 13.9 Å². The lowest BCUT2D eigenvalue weighted by Gasteiger charge is -2.55. The van der Waals surface area contributed by atoms with Crippen molar-refractivity contribution in [1.82, 2.24) is 0 Å². The van der Waals surface area contributed by atoms with Gasteiger partial charge in [-0.1, -0.05) is 27.4 Å². The Balaban J connectivity index is 1.86. The second-order valence-corrected chi connectivity index (χ2v) is 13.4. The van der Waals surface area contributed by atoms with Gasteiger partial charge in [-0.05, 0) is 37.6 Å². The third-order valence-corrected chi connectivity index (χ3v) is 10.5. The van der Waals surface area contributed by atoms with Crippen LogP contribution in [-0.2, 0) is 13.9 Å². The summed E-state index contributed by atoms with van der Waals surface area (Å²) in [7, 11) is -1.79. The molecule has 0 radical (unpaired) electrons. The topological polar surface area (TPSA) is 27.7 Å². The number of hydrogen-bond acceptors (Lipinski definition) is 3. The van der Waals surface area contributed by atoms with Gasteiger partial charge in [0.1, 0.15) is 17.8 Å². The summed E-state index contributed by atoms with van der Waals surface area (Å²) < 4.78 is 19.0. The average Bonchev–Trinajstić information content (AvgIpc) is 2.33. The van der Waals surface area contributed by atoms with Crippen molar-refractivity contribution in [2.75, 3.05) is 0 Å². The Morgan fingerprint density at radius 1 is 1.30 bits per heavy atom. The minimum Gasteiger partial charge on any atom is -0.411 e. The molecule has 0 aromatic carbocycles. The van der Waals surface area contributed by atoms with Gasteiger partial charge in [0.15, 0.2) is 8.32 Å². The standard InChI is InChI=1S/C16H28O3Si/c1-10-12-16(6)13(17-12)11(9-15(10,5)19-16)18-20(7,8)14(2,3)4/h11-13H,1,9H2,2-8H3/t11-,12+,13-,15-,16-/m0/s1. The molecular formula is C16H28O3Si. The van der Waals surface area contributed by atoms with E-state index in [2.05, 4.69) is 54.3 Å². The van der Waals surface area contributed by atoms with Crippen LogP contribution in [0.1, 0.15) is 41.0 Å². The van der Waals surface area contributed by atoms with Crippen molar-refractivity contribution in [2.24, 2.45) is 0 Å². The summed E-state index contributed by atoms with van der Waals surface area (Å²) in [6.45, 7) is 20.0. The molecule has 4 heteroatoms. The molecule has 20 heavy (non-hydrogen) atoms. The third kappa shape index (κ3) is 1.68. The average molecular weight is 296 g/mol. The highest BCUT2D eigenvalue weighted by Gasteiger charge is 2.72. The molecule has 0 amide bonds. The van der Waals surface area contributed by atoms with Crippen LogP contribution in [0.5, 0.6) is 0 Å². The summed E-state index contributed by atoms with van der Waals surface area (Å²) >= 11 is 0. The Morgan fingerprint density at radius 2 is 1.90 bits per heavy atom. The normalized spacial score (nSPS) is 47.4. The van der Waals surface area contributed by atoms with E-state index in [1.54, 1.807) is 0 Å². The Labute approximate surface area is 123 Å². The van der Waals surface area contributed by atoms with Crippen LogP contribution in [-0.4, -0.2) is 37.8 Å². The Kier molecular flexibility index (Phi) is 2.79. The summed E-state index contributed by atoms with van der Waals surface area (Å²) in [5.74, 6) is 0. The lowest BCUT2D eigenvalue weighted by Crippen LogP contribution is -2.69. The maximum atomic E-state index is 6.65. The minimum atomic E-state index is -1.79. The molecule has 3 rings (SSSR count). The molecule has 3 saturated heterocycles. The first-order valence-corrected chi connectivity index (χ1v) is 10.5. The second-order valence-electron chi connectivity index (χ2n) is 8.60. The first kappa shape index (κ1) is 14.8. The lowest BCUT2D eigenvalue weighted by atomic mass is 9.83. The molecule has 2 bridgehead atoms. The van der Waals surface area contributed by atoms with Crippen molar-refractivity contribution in [3.8, 4) is 0 Å². The molecule has 0 N–H and O–H groups in total. The summed E-state index contributed by atoms with van der Waals surface area (Å²) in [5, 5.41) is 0.215. The van der Waals surface area contributed by atoms with Crippen LogP contribution in [0.2, 0.25) is 18.1 Å². The quantitative estimate of drug-likeness (QED) is 0.575. The highest BCUT2D eigenvalue weighted by atomic mass is 28.4. The fourth-order valence-corrected chi connectivity index (χ4v) is 4.96. The van der Waals surface area contributed by atoms with Crippen molar-refractivity contribution in [3.63, 3.8) is 0 Å². The Morgan fingerprint density at radius 3 is 2.45 bits per heavy atom. The van der Waals surface area contributed by atoms with E-state index in [1.165, 1.54) is 0 Å². The molecule has 114 valence electrons. The molecule has 0 unspecified atom stereocenters. The monoisotopic (exact) mass is 296 g/mol. The number of hydrogen-bond donors (Lipinski definition) is 0. The van der Waals surface area contributed by atoms with Crippen molar-refractivity contribution in [2.45, 2.75) is 88.7 Å². The largest absolute Gasteiger partial charge is 0.411 e. The highest BCUT2D eigenvalue weighted by Crippen LogP contribution is 2.60. The summed E-state index contributed by atoms with van der Waals surface area (Å²) in [4.78, 5) is 0. The molecule has 5 atom stereocenters. The van der Waals surface area contributed by atoms with E-state index in [0.29, 0.717) is 0 Å². The van der Waals surface area contributed by atoms with Crippen LogP contribution >= 0.6 is 0 Å². The third-order valence-electron chi connectivity index (χ3n) is 5.99. The predicted molar refractivity (Wildman–Crippen MR) is 82.4 cm³/mol. The van der Waals surface area contributed by atoms with E-state index in [-0.39, 0.29) is 34.6 Å². The van der Waals surface area contributed by atoms with Gasteiger partial charge in [0.05, 0.1) is 11.7 Å². The lowest BCUT2D eigenvalue weighted by molar-refractivity contribution is -0.320. The van der Waals surface area contributed by atoms with Gasteiger partial charge in [0.25, 0.3) is 0 Å². The van der Waals surface area contributed by atoms with Crippen molar-refractivity contribution < 1.29 is 13.9 Å². The van der Waals surface area contributed by atoms with E-state index in [9.17, 15) is 0 Å². The van der Waals surface area contributed by atoms with Gasteiger partial charge in [-0.2, -0.15) is 0 Å². The molecule has 0 aromatic heterocycles. The highest BCUT2D eigenvalue weighted by molar-refractivity contribution is 6.74. The van der Waals surface area contributed by atoms with E-state index < -0.39 is 8.32 Å². The predicted octanol–water partition coefficient (Wildman–Crippen LogP) is 3.65. The molecule has 3 aliphatic rings. The van der Waals surface area contributed by atoms with Gasteiger partial charge in [0, 0.05) is 6.42 Å². The summed E-state index contributed by atoms with van der Waals surface area (Å²) in [6.07, 6.45) is 1.13.